The van der Waals surface area contributed by atoms with Gasteiger partial charge in [-0.2, -0.15) is 0 Å². The number of allylic oxidation sites excluding steroid dienone is 2. The highest BCUT2D eigenvalue weighted by Gasteiger charge is 2.18. The van der Waals surface area contributed by atoms with E-state index in [1.807, 2.05) is 17.1 Å². The van der Waals surface area contributed by atoms with Crippen molar-refractivity contribution in [3.63, 3.8) is 0 Å². The van der Waals surface area contributed by atoms with E-state index in [9.17, 15) is 9.59 Å². The van der Waals surface area contributed by atoms with Crippen LogP contribution in [0.2, 0.25) is 0 Å². The zero-order chi connectivity index (χ0) is 32.4. The van der Waals surface area contributed by atoms with Crippen molar-refractivity contribution in [1.82, 2.24) is 9.80 Å². The Bertz CT molecular complexity index is 685. The summed E-state index contributed by atoms with van der Waals surface area (Å²) in [4.78, 5) is 28.5. The normalized spacial score (nSPS) is 10.9. The molecule has 0 amide bonds. The van der Waals surface area contributed by atoms with Gasteiger partial charge in [-0.1, -0.05) is 25.3 Å². The molecular formula is C30H52N2O12. The Morgan fingerprint density at radius 2 is 0.955 bits per heavy atom. The second-order valence-electron chi connectivity index (χ2n) is 8.85. The van der Waals surface area contributed by atoms with Crippen LogP contribution in [0, 0.1) is 0 Å². The standard InChI is InChI=1S/C30H52N2O12/c1-5-9-11-15-37-27-41-23-32(24-42-28-38-16-12-10-6-2)14-13-31(21-29(33)43-19-17-39-25-35-7-3)22-30(34)44-20-18-40-26-36-8-4/h5-8H,1-4,9-28H2. The number of rotatable bonds is 35. The Hall–Kier alpha value is -2.82. The number of unbranched alkanes of at least 4 members (excludes halogenated alkanes) is 2. The van der Waals surface area contributed by atoms with Crippen LogP contribution in [-0.4, -0.2) is 128 Å². The first-order valence-electron chi connectivity index (χ1n) is 14.5. The molecule has 0 N–H and O–H groups in total. The van der Waals surface area contributed by atoms with E-state index in [0.717, 1.165) is 25.7 Å². The molecule has 0 unspecified atom stereocenters. The number of carbonyl (C=O) groups is 2. The van der Waals surface area contributed by atoms with Crippen molar-refractivity contribution in [1.29, 1.82) is 0 Å². The summed E-state index contributed by atoms with van der Waals surface area (Å²) in [5.41, 5.74) is 0. The van der Waals surface area contributed by atoms with Crippen LogP contribution in [0.15, 0.2) is 51.0 Å². The minimum absolute atomic E-state index is 0.00213. The van der Waals surface area contributed by atoms with E-state index in [0.29, 0.717) is 26.3 Å². The van der Waals surface area contributed by atoms with E-state index >= 15 is 0 Å². The molecule has 0 spiro atoms. The third kappa shape index (κ3) is 29.3. The number of esters is 2. The predicted octanol–water partition coefficient (Wildman–Crippen LogP) is 2.77. The van der Waals surface area contributed by atoms with Crippen LogP contribution in [0.3, 0.4) is 0 Å². The topological polar surface area (TPSA) is 133 Å². The summed E-state index contributed by atoms with van der Waals surface area (Å²) in [6, 6.07) is 0. The van der Waals surface area contributed by atoms with Gasteiger partial charge in [0.05, 0.1) is 38.8 Å². The average molecular weight is 633 g/mol. The van der Waals surface area contributed by atoms with Gasteiger partial charge >= 0.3 is 11.9 Å². The predicted molar refractivity (Wildman–Crippen MR) is 162 cm³/mol. The highest BCUT2D eigenvalue weighted by atomic mass is 16.7. The molecule has 0 bridgehead atoms. The number of hydrogen-bond acceptors (Lipinski definition) is 14. The molecule has 14 heteroatoms. The van der Waals surface area contributed by atoms with Gasteiger partial charge in [-0.15, -0.1) is 13.2 Å². The maximum atomic E-state index is 12.5. The minimum Gasteiger partial charge on any atom is -0.476 e. The molecule has 0 aliphatic rings. The van der Waals surface area contributed by atoms with Crippen LogP contribution < -0.4 is 0 Å². The number of ether oxygens (including phenoxy) is 10. The third-order valence-electron chi connectivity index (χ3n) is 5.23. The van der Waals surface area contributed by atoms with Crippen molar-refractivity contribution < 1.29 is 57.0 Å². The van der Waals surface area contributed by atoms with Gasteiger partial charge in [0.15, 0.2) is 13.6 Å². The second-order valence-corrected chi connectivity index (χ2v) is 8.85. The molecule has 0 aromatic rings. The minimum atomic E-state index is -0.532. The van der Waals surface area contributed by atoms with Gasteiger partial charge in [-0.05, 0) is 25.7 Å². The lowest BCUT2D eigenvalue weighted by molar-refractivity contribution is -0.152. The number of nitrogens with zero attached hydrogens (tertiary/aromatic N) is 2. The van der Waals surface area contributed by atoms with E-state index in [2.05, 4.69) is 26.3 Å². The molecule has 44 heavy (non-hydrogen) atoms. The zero-order valence-corrected chi connectivity index (χ0v) is 26.1. The van der Waals surface area contributed by atoms with Crippen LogP contribution in [0.25, 0.3) is 0 Å². The molecule has 0 aromatic carbocycles. The van der Waals surface area contributed by atoms with Gasteiger partial charge in [0.25, 0.3) is 0 Å². The molecular weight excluding hydrogens is 580 g/mol. The van der Waals surface area contributed by atoms with E-state index in [4.69, 9.17) is 47.4 Å². The Kier molecular flexibility index (Phi) is 31.0. The lowest BCUT2D eigenvalue weighted by atomic mass is 10.3. The van der Waals surface area contributed by atoms with Crippen LogP contribution >= 0.6 is 0 Å². The quantitative estimate of drug-likeness (QED) is 0.0333. The Morgan fingerprint density at radius 3 is 1.39 bits per heavy atom. The number of carbonyl (C=O) groups excluding carboxylic acids is 2. The SMILES string of the molecule is C=CCCCOCOCN(CCN(CC(=O)OCCOCOC=C)CC(=O)OCCOCOC=C)COCOCCCC=C. The van der Waals surface area contributed by atoms with E-state index in [-0.39, 0.29) is 80.2 Å². The summed E-state index contributed by atoms with van der Waals surface area (Å²) in [5, 5.41) is 0. The van der Waals surface area contributed by atoms with Gasteiger partial charge < -0.3 is 47.4 Å². The molecule has 0 aromatic heterocycles. The molecule has 0 saturated carbocycles. The van der Waals surface area contributed by atoms with Gasteiger partial charge in [-0.25, -0.2) is 0 Å². The fourth-order valence-electron chi connectivity index (χ4n) is 3.09. The van der Waals surface area contributed by atoms with Gasteiger partial charge in [0.1, 0.15) is 40.3 Å². The second kappa shape index (κ2) is 33.1. The molecule has 0 saturated heterocycles. The first-order valence-corrected chi connectivity index (χ1v) is 14.5. The van der Waals surface area contributed by atoms with Crippen LogP contribution in [-0.2, 0) is 57.0 Å². The monoisotopic (exact) mass is 632 g/mol. The van der Waals surface area contributed by atoms with Crippen molar-refractivity contribution >= 4 is 11.9 Å². The molecule has 0 radical (unpaired) electrons. The van der Waals surface area contributed by atoms with Crippen LogP contribution in [0.4, 0.5) is 0 Å². The highest BCUT2D eigenvalue weighted by Crippen LogP contribution is 2.00. The zero-order valence-electron chi connectivity index (χ0n) is 26.1. The Morgan fingerprint density at radius 1 is 0.523 bits per heavy atom. The fraction of sp³-hybridized carbons (Fsp3) is 0.667. The molecule has 0 rings (SSSR count). The molecule has 0 aliphatic carbocycles. The van der Waals surface area contributed by atoms with Crippen LogP contribution in [0.5, 0.6) is 0 Å². The average Bonchev–Trinajstić information content (AvgIpc) is 3.01. The smallest absolute Gasteiger partial charge is 0.320 e. The molecule has 0 aliphatic heterocycles. The maximum absolute atomic E-state index is 12.5. The fourth-order valence-corrected chi connectivity index (χ4v) is 3.09. The van der Waals surface area contributed by atoms with Crippen molar-refractivity contribution in [3.05, 3.63) is 51.0 Å². The summed E-state index contributed by atoms with van der Waals surface area (Å²) in [6.45, 7) is 16.6. The summed E-state index contributed by atoms with van der Waals surface area (Å²) in [7, 11) is 0. The summed E-state index contributed by atoms with van der Waals surface area (Å²) >= 11 is 0. The molecule has 254 valence electrons. The Labute approximate surface area is 262 Å². The van der Waals surface area contributed by atoms with E-state index in [1.165, 1.54) is 12.5 Å². The van der Waals surface area contributed by atoms with Crippen molar-refractivity contribution in [2.24, 2.45) is 0 Å². The summed E-state index contributed by atoms with van der Waals surface area (Å²) in [6.07, 6.45) is 9.60. The molecule has 14 nitrogen and oxygen atoms in total. The first kappa shape index (κ1) is 41.2. The maximum Gasteiger partial charge on any atom is 0.320 e. The van der Waals surface area contributed by atoms with Crippen LogP contribution in [0.1, 0.15) is 25.7 Å². The lowest BCUT2D eigenvalue weighted by Gasteiger charge is -2.26. The lowest BCUT2D eigenvalue weighted by Crippen LogP contribution is -2.42. The van der Waals surface area contributed by atoms with Crippen molar-refractivity contribution in [2.45, 2.75) is 25.7 Å². The van der Waals surface area contributed by atoms with Gasteiger partial charge in [0, 0.05) is 26.3 Å². The van der Waals surface area contributed by atoms with Crippen molar-refractivity contribution in [2.75, 3.05) is 106 Å². The van der Waals surface area contributed by atoms with E-state index in [1.54, 1.807) is 4.90 Å². The van der Waals surface area contributed by atoms with Crippen molar-refractivity contribution in [3.8, 4) is 0 Å². The van der Waals surface area contributed by atoms with E-state index < -0.39 is 11.9 Å². The van der Waals surface area contributed by atoms with Gasteiger partial charge in [-0.3, -0.25) is 19.4 Å². The molecule has 0 heterocycles. The summed E-state index contributed by atoms with van der Waals surface area (Å²) in [5.74, 6) is -1.06. The highest BCUT2D eigenvalue weighted by molar-refractivity contribution is 5.75. The molecule has 0 atom stereocenters. The largest absolute Gasteiger partial charge is 0.476 e. The summed E-state index contributed by atoms with van der Waals surface area (Å²) < 4.78 is 52.7. The van der Waals surface area contributed by atoms with Gasteiger partial charge in [0.2, 0.25) is 0 Å². The first-order chi connectivity index (χ1) is 21.6. The molecule has 0 fully saturated rings. The Balaban J connectivity index is 4.94. The third-order valence-corrected chi connectivity index (χ3v) is 5.23. The number of hydrogen-bond donors (Lipinski definition) is 0.